The number of aromatic nitrogens is 1. The van der Waals surface area contributed by atoms with Gasteiger partial charge in [-0.25, -0.2) is 10.5 Å². The normalized spacial score (nSPS) is 10.5. The number of nitrogens with zero attached hydrogens (tertiary/aromatic N) is 1. The smallest absolute Gasteiger partial charge is 0.243 e. The Morgan fingerprint density at radius 1 is 1.13 bits per heavy atom. The van der Waals surface area contributed by atoms with E-state index in [1.165, 1.54) is 11.3 Å². The minimum atomic E-state index is -0.380. The van der Waals surface area contributed by atoms with Crippen molar-refractivity contribution in [2.45, 2.75) is 25.7 Å². The molecule has 4 N–H and O–H groups in total. The molecule has 8 heteroatoms. The van der Waals surface area contributed by atoms with Crippen LogP contribution in [0.5, 0.6) is 0 Å². The second kappa shape index (κ2) is 9.06. The zero-order valence-corrected chi connectivity index (χ0v) is 13.5. The maximum atomic E-state index is 11.7. The molecule has 0 radical (unpaired) electrons. The van der Waals surface area contributed by atoms with Gasteiger partial charge in [-0.3, -0.25) is 14.8 Å². The second-order valence-corrected chi connectivity index (χ2v) is 6.07. The van der Waals surface area contributed by atoms with Crippen molar-refractivity contribution in [3.8, 4) is 0 Å². The van der Waals surface area contributed by atoms with Gasteiger partial charge in [0.25, 0.3) is 0 Å². The van der Waals surface area contributed by atoms with Crippen molar-refractivity contribution in [3.63, 3.8) is 0 Å². The molecule has 2 amide bonds. The van der Waals surface area contributed by atoms with E-state index in [-0.39, 0.29) is 18.4 Å². The van der Waals surface area contributed by atoms with Crippen LogP contribution in [0.3, 0.4) is 0 Å². The van der Waals surface area contributed by atoms with Crippen LogP contribution in [0.4, 0.5) is 5.13 Å². The number of hydroxylamine groups is 1. The molecule has 0 spiro atoms. The van der Waals surface area contributed by atoms with Gasteiger partial charge in [0.15, 0.2) is 5.13 Å². The number of amides is 2. The molecule has 0 aliphatic rings. The molecule has 124 valence electrons. The molecule has 1 heterocycles. The van der Waals surface area contributed by atoms with Gasteiger partial charge in [0.2, 0.25) is 11.8 Å². The Morgan fingerprint density at radius 3 is 2.74 bits per heavy atom. The highest BCUT2D eigenvalue weighted by Gasteiger charge is 2.05. The molecule has 0 atom stereocenters. The Labute approximate surface area is 138 Å². The van der Waals surface area contributed by atoms with Crippen LogP contribution >= 0.6 is 11.3 Å². The summed E-state index contributed by atoms with van der Waals surface area (Å²) in [6.07, 6.45) is 2.60. The molecule has 0 saturated carbocycles. The van der Waals surface area contributed by atoms with Crippen LogP contribution in [0.25, 0.3) is 10.2 Å². The van der Waals surface area contributed by atoms with Crippen molar-refractivity contribution < 1.29 is 14.8 Å². The Bertz CT molecular complexity index is 626. The number of rotatable bonds is 9. The van der Waals surface area contributed by atoms with Crippen LogP contribution in [0.2, 0.25) is 0 Å². The van der Waals surface area contributed by atoms with E-state index in [1.54, 1.807) is 5.48 Å². The first kappa shape index (κ1) is 17.2. The monoisotopic (exact) mass is 336 g/mol. The van der Waals surface area contributed by atoms with Crippen molar-refractivity contribution in [1.82, 2.24) is 15.8 Å². The van der Waals surface area contributed by atoms with Gasteiger partial charge in [-0.2, -0.15) is 0 Å². The van der Waals surface area contributed by atoms with Gasteiger partial charge < -0.3 is 10.6 Å². The van der Waals surface area contributed by atoms with E-state index in [2.05, 4.69) is 15.6 Å². The van der Waals surface area contributed by atoms with Crippen LogP contribution in [-0.2, 0) is 9.59 Å². The average molecular weight is 336 g/mol. The van der Waals surface area contributed by atoms with Gasteiger partial charge in [0, 0.05) is 13.0 Å². The molecule has 0 fully saturated rings. The van der Waals surface area contributed by atoms with Crippen molar-refractivity contribution in [1.29, 1.82) is 0 Å². The number of unbranched alkanes of at least 4 members (excludes halogenated alkanes) is 2. The van der Waals surface area contributed by atoms with E-state index >= 15 is 0 Å². The fourth-order valence-corrected chi connectivity index (χ4v) is 2.90. The van der Waals surface area contributed by atoms with Crippen molar-refractivity contribution >= 4 is 38.5 Å². The third-order valence-electron chi connectivity index (χ3n) is 3.22. The van der Waals surface area contributed by atoms with Gasteiger partial charge in [-0.1, -0.05) is 29.9 Å². The molecule has 0 aliphatic heterocycles. The van der Waals surface area contributed by atoms with E-state index in [0.29, 0.717) is 19.4 Å². The average Bonchev–Trinajstić information content (AvgIpc) is 2.98. The maximum Gasteiger partial charge on any atom is 0.243 e. The number of thiazole rings is 1. The molecule has 2 rings (SSSR count). The number of benzene rings is 1. The Kier molecular flexibility index (Phi) is 6.76. The highest BCUT2D eigenvalue weighted by molar-refractivity contribution is 7.22. The van der Waals surface area contributed by atoms with E-state index in [9.17, 15) is 9.59 Å². The lowest BCUT2D eigenvalue weighted by Crippen LogP contribution is -2.30. The summed E-state index contributed by atoms with van der Waals surface area (Å²) in [6.45, 7) is 0.758. The third-order valence-corrected chi connectivity index (χ3v) is 4.22. The van der Waals surface area contributed by atoms with E-state index in [4.69, 9.17) is 5.21 Å². The number of anilines is 1. The molecule has 1 aromatic carbocycles. The van der Waals surface area contributed by atoms with E-state index in [1.807, 2.05) is 24.3 Å². The van der Waals surface area contributed by atoms with Crippen molar-refractivity contribution in [2.24, 2.45) is 0 Å². The molecule has 23 heavy (non-hydrogen) atoms. The highest BCUT2D eigenvalue weighted by Crippen LogP contribution is 2.24. The molecular weight excluding hydrogens is 316 g/mol. The van der Waals surface area contributed by atoms with Gasteiger partial charge in [-0.15, -0.1) is 0 Å². The van der Waals surface area contributed by atoms with Gasteiger partial charge in [0.1, 0.15) is 0 Å². The maximum absolute atomic E-state index is 11.7. The first-order valence-electron chi connectivity index (χ1n) is 7.48. The second-order valence-electron chi connectivity index (χ2n) is 5.04. The first-order chi connectivity index (χ1) is 11.2. The van der Waals surface area contributed by atoms with Crippen LogP contribution in [0.1, 0.15) is 25.7 Å². The molecule has 0 unspecified atom stereocenters. The number of fused-ring (bicyclic) bond motifs is 1. The summed E-state index contributed by atoms with van der Waals surface area (Å²) in [5.41, 5.74) is 2.52. The summed E-state index contributed by atoms with van der Waals surface area (Å²) in [6, 6.07) is 7.83. The van der Waals surface area contributed by atoms with Crippen molar-refractivity contribution in [2.75, 3.05) is 18.4 Å². The van der Waals surface area contributed by atoms with Gasteiger partial charge >= 0.3 is 0 Å². The van der Waals surface area contributed by atoms with Gasteiger partial charge in [0.05, 0.1) is 16.8 Å². The van der Waals surface area contributed by atoms with Crippen LogP contribution in [0.15, 0.2) is 24.3 Å². The summed E-state index contributed by atoms with van der Waals surface area (Å²) in [5.74, 6) is -0.466. The van der Waals surface area contributed by atoms with Crippen molar-refractivity contribution in [3.05, 3.63) is 24.3 Å². The fraction of sp³-hybridized carbons (Fsp3) is 0.400. The summed E-state index contributed by atoms with van der Waals surface area (Å²) in [7, 11) is 0. The first-order valence-corrected chi connectivity index (χ1v) is 8.30. The lowest BCUT2D eigenvalue weighted by atomic mass is 10.2. The van der Waals surface area contributed by atoms with Crippen LogP contribution in [-0.4, -0.2) is 35.1 Å². The Balaban J connectivity index is 1.59. The zero-order chi connectivity index (χ0) is 16.5. The minimum absolute atomic E-state index is 0.0858. The molecule has 1 aromatic heterocycles. The molecule has 7 nitrogen and oxygen atoms in total. The molecule has 2 aromatic rings. The highest BCUT2D eigenvalue weighted by atomic mass is 32.1. The summed E-state index contributed by atoms with van der Waals surface area (Å²) in [4.78, 5) is 26.9. The summed E-state index contributed by atoms with van der Waals surface area (Å²) < 4.78 is 1.09. The summed E-state index contributed by atoms with van der Waals surface area (Å²) >= 11 is 1.52. The number of para-hydroxylation sites is 1. The number of carbonyl (C=O) groups is 2. The van der Waals surface area contributed by atoms with Gasteiger partial charge in [-0.05, 0) is 25.0 Å². The lowest BCUT2D eigenvalue weighted by molar-refractivity contribution is -0.129. The lowest BCUT2D eigenvalue weighted by Gasteiger charge is -2.05. The topological polar surface area (TPSA) is 103 Å². The number of hydrogen-bond donors (Lipinski definition) is 4. The minimum Gasteiger partial charge on any atom is -0.355 e. The third kappa shape index (κ3) is 5.84. The van der Waals surface area contributed by atoms with E-state index in [0.717, 1.165) is 28.2 Å². The Hall–Kier alpha value is -2.19. The standard InChI is InChI=1S/C15H20N4O3S/c20-13(19-22)8-2-1-5-9-16-14(21)10-17-15-18-11-6-3-4-7-12(11)23-15/h3-4,6-7,22H,1-2,5,8-10H2,(H,16,21)(H,17,18)(H,19,20). The largest absolute Gasteiger partial charge is 0.355 e. The molecule has 0 bridgehead atoms. The fourth-order valence-electron chi connectivity index (χ4n) is 2.04. The predicted octanol–water partition coefficient (Wildman–Crippen LogP) is 1.89. The number of carbonyl (C=O) groups excluding carboxylic acids is 2. The molecule has 0 aliphatic carbocycles. The quantitative estimate of drug-likeness (QED) is 0.318. The van der Waals surface area contributed by atoms with E-state index < -0.39 is 0 Å². The van der Waals surface area contributed by atoms with Crippen LogP contribution < -0.4 is 16.1 Å². The SMILES string of the molecule is O=C(CCCCCNC(=O)CNc1nc2ccccc2s1)NO. The predicted molar refractivity (Wildman–Crippen MR) is 89.5 cm³/mol. The molecular formula is C15H20N4O3S. The molecule has 0 saturated heterocycles. The zero-order valence-electron chi connectivity index (χ0n) is 12.7. The Morgan fingerprint density at radius 2 is 1.96 bits per heavy atom. The van der Waals surface area contributed by atoms with Crippen LogP contribution in [0, 0.1) is 0 Å². The summed E-state index contributed by atoms with van der Waals surface area (Å²) in [5, 5.41) is 14.9. The number of hydrogen-bond acceptors (Lipinski definition) is 6. The number of nitrogens with one attached hydrogen (secondary N) is 3.